The summed E-state index contributed by atoms with van der Waals surface area (Å²) in [6.07, 6.45) is 1.18. The fourth-order valence-corrected chi connectivity index (χ4v) is 3.85. The van der Waals surface area contributed by atoms with E-state index in [1.807, 2.05) is 13.0 Å². The minimum Gasteiger partial charge on any atom is -0.224 e. The molecule has 102 valence electrons. The summed E-state index contributed by atoms with van der Waals surface area (Å²) in [7, 11) is -3.17. The van der Waals surface area contributed by atoms with Gasteiger partial charge in [-0.05, 0) is 36.2 Å². The van der Waals surface area contributed by atoms with Gasteiger partial charge in [0.15, 0.2) is 9.84 Å². The van der Waals surface area contributed by atoms with Crippen molar-refractivity contribution in [2.45, 2.75) is 17.2 Å². The summed E-state index contributed by atoms with van der Waals surface area (Å²) in [5.74, 6) is 0. The third-order valence-corrected chi connectivity index (χ3v) is 6.09. The Labute approximate surface area is 126 Å². The molecule has 0 N–H and O–H groups in total. The lowest BCUT2D eigenvalue weighted by atomic mass is 10.1. The minimum absolute atomic E-state index is 0.292. The maximum Gasteiger partial charge on any atom is 0.175 e. The Morgan fingerprint density at radius 2 is 1.79 bits per heavy atom. The van der Waals surface area contributed by atoms with Crippen LogP contribution >= 0.6 is 34.5 Å². The van der Waals surface area contributed by atoms with Crippen molar-refractivity contribution < 1.29 is 8.42 Å². The highest BCUT2D eigenvalue weighted by molar-refractivity contribution is 7.90. The molecule has 0 aliphatic carbocycles. The van der Waals surface area contributed by atoms with Gasteiger partial charge in [-0.25, -0.2) is 8.42 Å². The van der Waals surface area contributed by atoms with Crippen LogP contribution in [0.5, 0.6) is 0 Å². The molecule has 0 saturated carbocycles. The smallest absolute Gasteiger partial charge is 0.175 e. The molecule has 0 radical (unpaired) electrons. The number of benzene rings is 1. The number of halogens is 2. The molecule has 1 unspecified atom stereocenters. The van der Waals surface area contributed by atoms with Crippen LogP contribution in [0.4, 0.5) is 0 Å². The van der Waals surface area contributed by atoms with Gasteiger partial charge in [0, 0.05) is 11.1 Å². The summed E-state index contributed by atoms with van der Waals surface area (Å²) < 4.78 is 23.5. The predicted octanol–water partition coefficient (Wildman–Crippen LogP) is 4.44. The SMILES string of the molecule is Cc1cc(C(Cl)c2ccc(S(C)(=O)=O)cc2)sc1Cl. The zero-order valence-electron chi connectivity index (χ0n) is 10.4. The minimum atomic E-state index is -3.17. The molecule has 1 heterocycles. The Balaban J connectivity index is 2.32. The fraction of sp³-hybridized carbons (Fsp3) is 0.231. The zero-order valence-corrected chi connectivity index (χ0v) is 13.5. The van der Waals surface area contributed by atoms with E-state index in [9.17, 15) is 8.42 Å². The zero-order chi connectivity index (χ0) is 14.2. The van der Waals surface area contributed by atoms with E-state index < -0.39 is 9.84 Å². The molecule has 1 atom stereocenters. The van der Waals surface area contributed by atoms with E-state index >= 15 is 0 Å². The molecule has 0 saturated heterocycles. The van der Waals surface area contributed by atoms with Crippen molar-refractivity contribution in [1.82, 2.24) is 0 Å². The van der Waals surface area contributed by atoms with E-state index in [0.29, 0.717) is 4.90 Å². The predicted molar refractivity (Wildman–Crippen MR) is 81.3 cm³/mol. The number of rotatable bonds is 3. The highest BCUT2D eigenvalue weighted by atomic mass is 35.5. The van der Waals surface area contributed by atoms with E-state index in [0.717, 1.165) is 20.3 Å². The number of hydrogen-bond acceptors (Lipinski definition) is 3. The van der Waals surface area contributed by atoms with Crippen LogP contribution in [-0.2, 0) is 9.84 Å². The van der Waals surface area contributed by atoms with Crippen molar-refractivity contribution in [2.75, 3.05) is 6.26 Å². The topological polar surface area (TPSA) is 34.1 Å². The van der Waals surface area contributed by atoms with Gasteiger partial charge in [-0.1, -0.05) is 23.7 Å². The first-order chi connectivity index (χ1) is 8.79. The summed E-state index contributed by atoms with van der Waals surface area (Å²) in [5, 5.41) is -0.315. The van der Waals surface area contributed by atoms with Crippen LogP contribution in [0.15, 0.2) is 35.2 Å². The molecule has 6 heteroatoms. The fourth-order valence-electron chi connectivity index (χ4n) is 1.66. The first-order valence-corrected chi connectivity index (χ1v) is 9.01. The van der Waals surface area contributed by atoms with E-state index in [4.69, 9.17) is 23.2 Å². The van der Waals surface area contributed by atoms with E-state index in [-0.39, 0.29) is 5.38 Å². The molecule has 0 aliphatic rings. The van der Waals surface area contributed by atoms with E-state index in [2.05, 4.69) is 0 Å². The van der Waals surface area contributed by atoms with Crippen molar-refractivity contribution in [3.63, 3.8) is 0 Å². The molecule has 0 fully saturated rings. The van der Waals surface area contributed by atoms with Gasteiger partial charge in [0.25, 0.3) is 0 Å². The molecule has 1 aromatic heterocycles. The van der Waals surface area contributed by atoms with Crippen LogP contribution in [-0.4, -0.2) is 14.7 Å². The molecule has 2 nitrogen and oxygen atoms in total. The number of thiophene rings is 1. The van der Waals surface area contributed by atoms with Gasteiger partial charge < -0.3 is 0 Å². The number of hydrogen-bond donors (Lipinski definition) is 0. The van der Waals surface area contributed by atoms with Crippen LogP contribution in [0, 0.1) is 6.92 Å². The lowest BCUT2D eigenvalue weighted by Crippen LogP contribution is -1.98. The van der Waals surface area contributed by atoms with Gasteiger partial charge in [-0.3, -0.25) is 0 Å². The maximum absolute atomic E-state index is 11.4. The highest BCUT2D eigenvalue weighted by Gasteiger charge is 2.16. The van der Waals surface area contributed by atoms with Crippen LogP contribution < -0.4 is 0 Å². The van der Waals surface area contributed by atoms with Crippen LogP contribution in [0.1, 0.15) is 21.4 Å². The molecule has 0 spiro atoms. The van der Waals surface area contributed by atoms with E-state index in [1.165, 1.54) is 17.6 Å². The summed E-state index contributed by atoms with van der Waals surface area (Å²) in [4.78, 5) is 1.25. The molecular weight excluding hydrogens is 323 g/mol. The first-order valence-electron chi connectivity index (χ1n) is 5.49. The maximum atomic E-state index is 11.4. The molecule has 2 rings (SSSR count). The molecule has 2 aromatic rings. The summed E-state index contributed by atoms with van der Waals surface area (Å²) in [6.45, 7) is 1.93. The van der Waals surface area contributed by atoms with Crippen LogP contribution in [0.2, 0.25) is 4.34 Å². The molecule has 0 aliphatic heterocycles. The number of alkyl halides is 1. The van der Waals surface area contributed by atoms with Crippen LogP contribution in [0.25, 0.3) is 0 Å². The van der Waals surface area contributed by atoms with Gasteiger partial charge in [0.2, 0.25) is 0 Å². The Kier molecular flexibility index (Phi) is 4.26. The Morgan fingerprint density at radius 1 is 1.21 bits per heavy atom. The number of sulfone groups is 1. The average molecular weight is 335 g/mol. The van der Waals surface area contributed by atoms with Crippen molar-refractivity contribution in [3.05, 3.63) is 50.7 Å². The normalized spacial score (nSPS) is 13.5. The van der Waals surface area contributed by atoms with Gasteiger partial charge >= 0.3 is 0 Å². The van der Waals surface area contributed by atoms with Crippen molar-refractivity contribution in [1.29, 1.82) is 0 Å². The summed E-state index contributed by atoms with van der Waals surface area (Å²) in [6, 6.07) is 8.56. The summed E-state index contributed by atoms with van der Waals surface area (Å²) in [5.41, 5.74) is 1.85. The van der Waals surface area contributed by atoms with Gasteiger partial charge in [-0.15, -0.1) is 22.9 Å². The lowest BCUT2D eigenvalue weighted by Gasteiger charge is -2.08. The largest absolute Gasteiger partial charge is 0.224 e. The second-order valence-electron chi connectivity index (χ2n) is 4.31. The molecule has 19 heavy (non-hydrogen) atoms. The number of aryl methyl sites for hydroxylation is 1. The Morgan fingerprint density at radius 3 is 2.21 bits per heavy atom. The van der Waals surface area contributed by atoms with Gasteiger partial charge in [0.05, 0.1) is 14.6 Å². The molecule has 1 aromatic carbocycles. The Hall–Kier alpha value is -0.550. The van der Waals surface area contributed by atoms with Crippen molar-refractivity contribution in [3.8, 4) is 0 Å². The van der Waals surface area contributed by atoms with E-state index in [1.54, 1.807) is 24.3 Å². The Bertz CT molecular complexity index is 668. The lowest BCUT2D eigenvalue weighted by molar-refractivity contribution is 0.602. The third kappa shape index (κ3) is 3.31. The van der Waals surface area contributed by atoms with Crippen molar-refractivity contribution in [2.24, 2.45) is 0 Å². The quantitative estimate of drug-likeness (QED) is 0.777. The first kappa shape index (κ1) is 14.9. The second kappa shape index (κ2) is 5.44. The van der Waals surface area contributed by atoms with Gasteiger partial charge in [0.1, 0.15) is 0 Å². The molecule has 0 amide bonds. The molecule has 0 bridgehead atoms. The van der Waals surface area contributed by atoms with Gasteiger partial charge in [-0.2, -0.15) is 0 Å². The average Bonchev–Trinajstić information content (AvgIpc) is 2.68. The summed E-state index contributed by atoms with van der Waals surface area (Å²) >= 11 is 13.9. The second-order valence-corrected chi connectivity index (χ2v) is 8.45. The standard InChI is InChI=1S/C13H12Cl2O2S2/c1-8-7-11(18-13(8)15)12(14)9-3-5-10(6-4-9)19(2,16)17/h3-7,12H,1-2H3. The monoisotopic (exact) mass is 334 g/mol. The molecular formula is C13H12Cl2O2S2. The third-order valence-electron chi connectivity index (χ3n) is 2.73. The van der Waals surface area contributed by atoms with Crippen molar-refractivity contribution >= 4 is 44.4 Å². The highest BCUT2D eigenvalue weighted by Crippen LogP contribution is 2.37. The van der Waals surface area contributed by atoms with Crippen LogP contribution in [0.3, 0.4) is 0 Å².